The summed E-state index contributed by atoms with van der Waals surface area (Å²) in [5.74, 6) is -2.47. The number of halogens is 1. The third-order valence-electron chi connectivity index (χ3n) is 2.73. The van der Waals surface area contributed by atoms with E-state index in [1.54, 1.807) is 0 Å². The highest BCUT2D eigenvalue weighted by Crippen LogP contribution is 2.27. The molecule has 1 aromatic carbocycles. The van der Waals surface area contributed by atoms with E-state index in [9.17, 15) is 24.1 Å². The first-order valence-corrected chi connectivity index (χ1v) is 5.59. The van der Waals surface area contributed by atoms with Crippen molar-refractivity contribution in [2.24, 2.45) is 0 Å². The van der Waals surface area contributed by atoms with E-state index in [0.717, 1.165) is 12.1 Å². The van der Waals surface area contributed by atoms with Gasteiger partial charge in [0.1, 0.15) is 17.2 Å². The van der Waals surface area contributed by atoms with Crippen LogP contribution in [0.1, 0.15) is 16.1 Å². The minimum Gasteiger partial charge on any atom is -0.477 e. The number of nitrogens with one attached hydrogen (secondary N) is 1. The molecule has 0 aliphatic carbocycles. The Labute approximate surface area is 116 Å². The summed E-state index contributed by atoms with van der Waals surface area (Å²) in [4.78, 5) is 38.7. The van der Waals surface area contributed by atoms with E-state index in [2.05, 4.69) is 9.97 Å². The first-order valence-electron chi connectivity index (χ1n) is 5.59. The fourth-order valence-corrected chi connectivity index (χ4v) is 1.82. The molecule has 9 heteroatoms. The molecule has 0 saturated carbocycles. The fraction of sp³-hybridized carbons (Fsp3) is 0.0833. The number of aryl methyl sites for hydroxylation is 1. The maximum atomic E-state index is 13.1. The Bertz CT molecular complexity index is 815. The number of benzene rings is 1. The Morgan fingerprint density at radius 1 is 1.48 bits per heavy atom. The number of hydrogen-bond donors (Lipinski definition) is 2. The maximum Gasteiger partial charge on any atom is 0.343 e. The van der Waals surface area contributed by atoms with Gasteiger partial charge in [0.25, 0.3) is 11.2 Å². The molecule has 21 heavy (non-hydrogen) atoms. The minimum absolute atomic E-state index is 0.0973. The number of nitrogens with zero attached hydrogens (tertiary/aromatic N) is 2. The van der Waals surface area contributed by atoms with Crippen LogP contribution in [0.2, 0.25) is 0 Å². The van der Waals surface area contributed by atoms with Gasteiger partial charge in [-0.05, 0) is 19.1 Å². The number of hydrogen-bond acceptors (Lipinski definition) is 5. The van der Waals surface area contributed by atoms with Crippen molar-refractivity contribution in [1.29, 1.82) is 0 Å². The zero-order chi connectivity index (χ0) is 15.7. The molecular formula is C12H8FN3O5. The molecule has 0 saturated heterocycles. The second kappa shape index (κ2) is 5.12. The molecule has 2 aromatic rings. The minimum atomic E-state index is -1.46. The van der Waals surface area contributed by atoms with Crippen molar-refractivity contribution < 1.29 is 19.2 Å². The van der Waals surface area contributed by atoms with Crippen molar-refractivity contribution >= 4 is 11.7 Å². The van der Waals surface area contributed by atoms with Crippen LogP contribution in [0.3, 0.4) is 0 Å². The van der Waals surface area contributed by atoms with Crippen LogP contribution in [-0.4, -0.2) is 26.0 Å². The molecule has 0 radical (unpaired) electrons. The molecule has 0 atom stereocenters. The molecule has 108 valence electrons. The van der Waals surface area contributed by atoms with E-state index < -0.39 is 33.5 Å². The number of nitro benzene ring substituents is 1. The Morgan fingerprint density at radius 2 is 2.14 bits per heavy atom. The van der Waals surface area contributed by atoms with Gasteiger partial charge < -0.3 is 10.1 Å². The lowest BCUT2D eigenvalue weighted by Crippen LogP contribution is -2.21. The second-order valence-corrected chi connectivity index (χ2v) is 4.10. The van der Waals surface area contributed by atoms with Crippen LogP contribution >= 0.6 is 0 Å². The molecule has 1 heterocycles. The molecular weight excluding hydrogens is 285 g/mol. The van der Waals surface area contributed by atoms with Crippen LogP contribution in [0.25, 0.3) is 11.4 Å². The summed E-state index contributed by atoms with van der Waals surface area (Å²) >= 11 is 0. The van der Waals surface area contributed by atoms with E-state index in [4.69, 9.17) is 5.11 Å². The average Bonchev–Trinajstić information content (AvgIpc) is 2.36. The number of aromatic nitrogens is 2. The molecule has 2 rings (SSSR count). The number of nitro groups is 1. The van der Waals surface area contributed by atoms with Crippen LogP contribution in [-0.2, 0) is 0 Å². The molecule has 0 aliphatic rings. The Kier molecular flexibility index (Phi) is 3.49. The molecule has 8 nitrogen and oxygen atoms in total. The van der Waals surface area contributed by atoms with Crippen LogP contribution < -0.4 is 5.56 Å². The third-order valence-corrected chi connectivity index (χ3v) is 2.73. The number of rotatable bonds is 3. The zero-order valence-electron chi connectivity index (χ0n) is 10.6. The predicted octanol–water partition coefficient (Wildman–Crippen LogP) is 1.49. The smallest absolute Gasteiger partial charge is 0.343 e. The Balaban J connectivity index is 2.72. The predicted molar refractivity (Wildman–Crippen MR) is 68.6 cm³/mol. The lowest BCUT2D eigenvalue weighted by atomic mass is 10.1. The quantitative estimate of drug-likeness (QED) is 0.652. The molecule has 1 aromatic heterocycles. The average molecular weight is 293 g/mol. The number of H-pyrrole nitrogens is 1. The largest absolute Gasteiger partial charge is 0.477 e. The SMILES string of the molecule is Cc1nc(-c2ccc(F)cc2[N+](=O)[O-])[nH]c(=O)c1C(=O)O. The van der Waals surface area contributed by atoms with Gasteiger partial charge in [0.2, 0.25) is 0 Å². The van der Waals surface area contributed by atoms with Gasteiger partial charge in [-0.1, -0.05) is 0 Å². The van der Waals surface area contributed by atoms with Gasteiger partial charge in [0, 0.05) is 0 Å². The van der Waals surface area contributed by atoms with Gasteiger partial charge in [-0.2, -0.15) is 0 Å². The number of carbonyl (C=O) groups is 1. The summed E-state index contributed by atoms with van der Waals surface area (Å²) in [6.07, 6.45) is 0. The van der Waals surface area contributed by atoms with Crippen LogP contribution in [0.4, 0.5) is 10.1 Å². The second-order valence-electron chi connectivity index (χ2n) is 4.10. The molecule has 0 spiro atoms. The lowest BCUT2D eigenvalue weighted by molar-refractivity contribution is -0.384. The normalized spacial score (nSPS) is 10.4. The Hall–Kier alpha value is -3.10. The van der Waals surface area contributed by atoms with E-state index in [0.29, 0.717) is 6.07 Å². The first-order chi connectivity index (χ1) is 9.81. The number of carboxylic acids is 1. The van der Waals surface area contributed by atoms with E-state index in [-0.39, 0.29) is 17.1 Å². The molecule has 0 bridgehead atoms. The number of carboxylic acid groups (broad SMARTS) is 1. The lowest BCUT2D eigenvalue weighted by Gasteiger charge is -2.05. The highest BCUT2D eigenvalue weighted by molar-refractivity contribution is 5.88. The molecule has 2 N–H and O–H groups in total. The van der Waals surface area contributed by atoms with Crippen LogP contribution in [0.5, 0.6) is 0 Å². The van der Waals surface area contributed by atoms with Crippen molar-refractivity contribution in [2.45, 2.75) is 6.92 Å². The highest BCUT2D eigenvalue weighted by Gasteiger charge is 2.21. The third kappa shape index (κ3) is 2.61. The summed E-state index contributed by atoms with van der Waals surface area (Å²) in [6, 6.07) is 2.75. The number of aromatic carboxylic acids is 1. The standard InChI is InChI=1S/C12H8FN3O5/c1-5-9(12(18)19)11(17)15-10(14-5)7-3-2-6(13)4-8(7)16(20)21/h2-4H,1H3,(H,18,19)(H,14,15,17). The fourth-order valence-electron chi connectivity index (χ4n) is 1.82. The topological polar surface area (TPSA) is 126 Å². The Morgan fingerprint density at radius 3 is 2.67 bits per heavy atom. The van der Waals surface area contributed by atoms with Gasteiger partial charge in [0.05, 0.1) is 22.2 Å². The van der Waals surface area contributed by atoms with Gasteiger partial charge >= 0.3 is 5.97 Å². The highest BCUT2D eigenvalue weighted by atomic mass is 19.1. The van der Waals surface area contributed by atoms with Gasteiger partial charge in [-0.3, -0.25) is 14.9 Å². The first kappa shape index (κ1) is 14.3. The summed E-state index contributed by atoms with van der Waals surface area (Å²) in [5.41, 5.74) is -2.29. The number of aromatic amines is 1. The van der Waals surface area contributed by atoms with E-state index in [1.807, 2.05) is 0 Å². The molecule has 0 aliphatic heterocycles. The van der Waals surface area contributed by atoms with Crippen molar-refractivity contribution in [1.82, 2.24) is 9.97 Å². The molecule has 0 amide bonds. The zero-order valence-corrected chi connectivity index (χ0v) is 10.6. The van der Waals surface area contributed by atoms with Crippen molar-refractivity contribution in [3.05, 3.63) is 55.7 Å². The summed E-state index contributed by atoms with van der Waals surface area (Å²) in [5, 5.41) is 19.8. The summed E-state index contributed by atoms with van der Waals surface area (Å²) in [6.45, 7) is 1.29. The molecule has 0 fully saturated rings. The monoisotopic (exact) mass is 293 g/mol. The summed E-state index contributed by atoms with van der Waals surface area (Å²) in [7, 11) is 0. The van der Waals surface area contributed by atoms with Crippen molar-refractivity contribution in [2.75, 3.05) is 0 Å². The van der Waals surface area contributed by atoms with Gasteiger partial charge in [0.15, 0.2) is 0 Å². The van der Waals surface area contributed by atoms with Crippen LogP contribution in [0.15, 0.2) is 23.0 Å². The van der Waals surface area contributed by atoms with Gasteiger partial charge in [-0.25, -0.2) is 14.2 Å². The summed E-state index contributed by atoms with van der Waals surface area (Å²) < 4.78 is 13.1. The molecule has 0 unspecified atom stereocenters. The van der Waals surface area contributed by atoms with Gasteiger partial charge in [-0.15, -0.1) is 0 Å². The maximum absolute atomic E-state index is 13.1. The van der Waals surface area contributed by atoms with Crippen molar-refractivity contribution in [3.63, 3.8) is 0 Å². The van der Waals surface area contributed by atoms with E-state index >= 15 is 0 Å². The van der Waals surface area contributed by atoms with E-state index in [1.165, 1.54) is 6.92 Å². The van der Waals surface area contributed by atoms with Crippen molar-refractivity contribution in [3.8, 4) is 11.4 Å². The van der Waals surface area contributed by atoms with Crippen LogP contribution in [0, 0.1) is 22.9 Å².